The molecule has 0 saturated heterocycles. The van der Waals surface area contributed by atoms with Crippen LogP contribution in [0, 0.1) is 0 Å². The van der Waals surface area contributed by atoms with E-state index in [-0.39, 0.29) is 12.8 Å². The number of aliphatic carboxylic acids is 1. The fourth-order valence-electron chi connectivity index (χ4n) is 1.40. The molecule has 0 heterocycles. The molecule has 0 bridgehead atoms. The molecule has 2 atom stereocenters. The summed E-state index contributed by atoms with van der Waals surface area (Å²) in [5, 5.41) is 12.6. The molecule has 4 amide bonds. The number of carboxylic acids is 1. The fraction of sp³-hybridized carbons (Fsp3) is 0.545. The summed E-state index contributed by atoms with van der Waals surface area (Å²) in [6, 6.07) is -2.47. The van der Waals surface area contributed by atoms with Gasteiger partial charge >= 0.3 is 5.97 Å². The van der Waals surface area contributed by atoms with E-state index in [0.717, 1.165) is 0 Å². The molecule has 9 N–H and O–H groups in total. The van der Waals surface area contributed by atoms with Gasteiger partial charge in [-0.2, -0.15) is 0 Å². The van der Waals surface area contributed by atoms with Crippen molar-refractivity contribution in [3.8, 4) is 0 Å². The van der Waals surface area contributed by atoms with E-state index in [1.165, 1.54) is 0 Å². The molecule has 124 valence electrons. The number of carbonyl (C=O) groups is 5. The van der Waals surface area contributed by atoms with Crippen molar-refractivity contribution < 1.29 is 29.1 Å². The summed E-state index contributed by atoms with van der Waals surface area (Å²) in [4.78, 5) is 55.3. The SMILES string of the molecule is NC(=O)CC[C@H](N)C(=O)N[C@@H](CC(N)=O)C(=O)NCC(=O)O. The van der Waals surface area contributed by atoms with Crippen LogP contribution in [-0.2, 0) is 24.0 Å². The van der Waals surface area contributed by atoms with Gasteiger partial charge in [0, 0.05) is 6.42 Å². The number of nitrogens with two attached hydrogens (primary N) is 3. The van der Waals surface area contributed by atoms with Crippen LogP contribution >= 0.6 is 0 Å². The van der Waals surface area contributed by atoms with Gasteiger partial charge in [0.05, 0.1) is 12.5 Å². The average molecular weight is 317 g/mol. The molecule has 0 aliphatic rings. The molecule has 0 aromatic carbocycles. The summed E-state index contributed by atoms with van der Waals surface area (Å²) in [6.07, 6.45) is -0.693. The third-order valence-corrected chi connectivity index (χ3v) is 2.49. The van der Waals surface area contributed by atoms with Gasteiger partial charge in [-0.15, -0.1) is 0 Å². The number of nitrogens with one attached hydrogen (secondary N) is 2. The van der Waals surface area contributed by atoms with Gasteiger partial charge in [0.15, 0.2) is 0 Å². The van der Waals surface area contributed by atoms with Crippen LogP contribution < -0.4 is 27.8 Å². The zero-order valence-electron chi connectivity index (χ0n) is 11.7. The first-order valence-corrected chi connectivity index (χ1v) is 6.25. The second-order valence-corrected chi connectivity index (χ2v) is 4.45. The lowest BCUT2D eigenvalue weighted by atomic mass is 10.1. The lowest BCUT2D eigenvalue weighted by molar-refractivity contribution is -0.138. The van der Waals surface area contributed by atoms with Crippen LogP contribution in [0.3, 0.4) is 0 Å². The quantitative estimate of drug-likeness (QED) is 0.236. The molecule has 0 unspecified atom stereocenters. The van der Waals surface area contributed by atoms with Crippen LogP contribution in [0.25, 0.3) is 0 Å². The Labute approximate surface area is 125 Å². The smallest absolute Gasteiger partial charge is 0.322 e. The summed E-state index contributed by atoms with van der Waals surface area (Å²) >= 11 is 0. The first kappa shape index (κ1) is 19.3. The molecule has 0 fully saturated rings. The monoisotopic (exact) mass is 317 g/mol. The van der Waals surface area contributed by atoms with Crippen LogP contribution in [0.5, 0.6) is 0 Å². The van der Waals surface area contributed by atoms with Crippen molar-refractivity contribution in [2.45, 2.75) is 31.3 Å². The highest BCUT2D eigenvalue weighted by Gasteiger charge is 2.25. The molecule has 0 radical (unpaired) electrons. The highest BCUT2D eigenvalue weighted by molar-refractivity contribution is 5.94. The summed E-state index contributed by atoms with van der Waals surface area (Å²) in [7, 11) is 0. The maximum Gasteiger partial charge on any atom is 0.322 e. The van der Waals surface area contributed by atoms with Crippen molar-refractivity contribution >= 4 is 29.6 Å². The van der Waals surface area contributed by atoms with Gasteiger partial charge in [-0.05, 0) is 6.42 Å². The number of hydrogen-bond acceptors (Lipinski definition) is 6. The van der Waals surface area contributed by atoms with Gasteiger partial charge in [-0.1, -0.05) is 0 Å². The minimum absolute atomic E-state index is 0.0405. The van der Waals surface area contributed by atoms with Gasteiger partial charge in [-0.25, -0.2) is 0 Å². The number of primary amides is 2. The topological polar surface area (TPSA) is 208 Å². The number of carboxylic acid groups (broad SMARTS) is 1. The van der Waals surface area contributed by atoms with Gasteiger partial charge < -0.3 is 32.9 Å². The molecular formula is C11H19N5O6. The highest BCUT2D eigenvalue weighted by atomic mass is 16.4. The lowest BCUT2D eigenvalue weighted by Crippen LogP contribution is -2.53. The molecular weight excluding hydrogens is 298 g/mol. The van der Waals surface area contributed by atoms with E-state index in [0.29, 0.717) is 0 Å². The van der Waals surface area contributed by atoms with Crippen LogP contribution in [-0.4, -0.2) is 53.3 Å². The molecule has 0 aromatic heterocycles. The van der Waals surface area contributed by atoms with E-state index >= 15 is 0 Å². The first-order chi connectivity index (χ1) is 10.1. The van der Waals surface area contributed by atoms with Crippen molar-refractivity contribution in [1.82, 2.24) is 10.6 Å². The second kappa shape index (κ2) is 9.28. The Bertz CT molecular complexity index is 466. The first-order valence-electron chi connectivity index (χ1n) is 6.25. The number of amides is 4. The van der Waals surface area contributed by atoms with Crippen LogP contribution in [0.4, 0.5) is 0 Å². The number of hydrogen-bond donors (Lipinski definition) is 6. The Balaban J connectivity index is 4.65. The molecule has 0 rings (SSSR count). The molecule has 0 aliphatic carbocycles. The third kappa shape index (κ3) is 8.47. The second-order valence-electron chi connectivity index (χ2n) is 4.45. The van der Waals surface area contributed by atoms with E-state index < -0.39 is 54.6 Å². The van der Waals surface area contributed by atoms with Crippen LogP contribution in [0.2, 0.25) is 0 Å². The maximum absolute atomic E-state index is 11.8. The number of carbonyl (C=O) groups excluding carboxylic acids is 4. The van der Waals surface area contributed by atoms with Crippen molar-refractivity contribution in [2.24, 2.45) is 17.2 Å². The molecule has 0 aliphatic heterocycles. The predicted octanol–water partition coefficient (Wildman–Crippen LogP) is -3.86. The van der Waals surface area contributed by atoms with E-state index in [1.54, 1.807) is 0 Å². The summed E-state index contributed by atoms with van der Waals surface area (Å²) in [5.41, 5.74) is 15.4. The van der Waals surface area contributed by atoms with Gasteiger partial charge in [-0.3, -0.25) is 24.0 Å². The fourth-order valence-corrected chi connectivity index (χ4v) is 1.40. The summed E-state index contributed by atoms with van der Waals surface area (Å²) in [6.45, 7) is -0.683. The zero-order chi connectivity index (χ0) is 17.3. The molecule has 0 saturated carbocycles. The Morgan fingerprint density at radius 1 is 1.00 bits per heavy atom. The van der Waals surface area contributed by atoms with Crippen molar-refractivity contribution in [1.29, 1.82) is 0 Å². The Morgan fingerprint density at radius 3 is 2.05 bits per heavy atom. The molecule has 11 nitrogen and oxygen atoms in total. The lowest BCUT2D eigenvalue weighted by Gasteiger charge is -2.19. The minimum atomic E-state index is -1.36. The zero-order valence-corrected chi connectivity index (χ0v) is 11.7. The predicted molar refractivity (Wildman–Crippen MR) is 72.8 cm³/mol. The molecule has 0 spiro atoms. The Hall–Kier alpha value is -2.69. The summed E-state index contributed by atoms with van der Waals surface area (Å²) in [5.74, 6) is -4.50. The van der Waals surface area contributed by atoms with Crippen LogP contribution in [0.15, 0.2) is 0 Å². The van der Waals surface area contributed by atoms with Crippen molar-refractivity contribution in [3.05, 3.63) is 0 Å². The van der Waals surface area contributed by atoms with E-state index in [9.17, 15) is 24.0 Å². The summed E-state index contributed by atoms with van der Waals surface area (Å²) < 4.78 is 0. The molecule has 11 heteroatoms. The third-order valence-electron chi connectivity index (χ3n) is 2.49. The standard InChI is InChI=1S/C11H19N5O6/c12-5(1-2-7(13)17)10(21)16-6(3-8(14)18)11(22)15-4-9(19)20/h5-6H,1-4,12H2,(H2,13,17)(H2,14,18)(H,15,22)(H,16,21)(H,19,20)/t5-,6-/m0/s1. The number of rotatable bonds is 10. The van der Waals surface area contributed by atoms with Crippen LogP contribution in [0.1, 0.15) is 19.3 Å². The van der Waals surface area contributed by atoms with E-state index in [2.05, 4.69) is 5.32 Å². The molecule has 0 aromatic rings. The highest BCUT2D eigenvalue weighted by Crippen LogP contribution is 1.98. The van der Waals surface area contributed by atoms with Gasteiger partial charge in [0.1, 0.15) is 12.6 Å². The maximum atomic E-state index is 11.8. The largest absolute Gasteiger partial charge is 0.480 e. The van der Waals surface area contributed by atoms with Crippen molar-refractivity contribution in [3.63, 3.8) is 0 Å². The van der Waals surface area contributed by atoms with Gasteiger partial charge in [0.25, 0.3) is 0 Å². The normalized spacial score (nSPS) is 12.8. The van der Waals surface area contributed by atoms with Crippen molar-refractivity contribution in [2.75, 3.05) is 6.54 Å². The average Bonchev–Trinajstić information content (AvgIpc) is 2.40. The van der Waals surface area contributed by atoms with E-state index in [1.807, 2.05) is 5.32 Å². The molecule has 22 heavy (non-hydrogen) atoms. The minimum Gasteiger partial charge on any atom is -0.480 e. The Kier molecular flexibility index (Phi) is 8.15. The van der Waals surface area contributed by atoms with Gasteiger partial charge in [0.2, 0.25) is 23.6 Å². The van der Waals surface area contributed by atoms with E-state index in [4.69, 9.17) is 22.3 Å². The Morgan fingerprint density at radius 2 is 1.59 bits per heavy atom.